The fraction of sp³-hybridized carbons (Fsp3) is 0.625. The molecule has 0 radical (unpaired) electrons. The smallest absolute Gasteiger partial charge is 0.240 e. The van der Waals surface area contributed by atoms with Crippen LogP contribution in [0.5, 0.6) is 0 Å². The van der Waals surface area contributed by atoms with Crippen molar-refractivity contribution < 1.29 is 13.5 Å². The number of aliphatic hydroxyl groups is 1. The highest BCUT2D eigenvalue weighted by atomic mass is 32.2. The second-order valence-electron chi connectivity index (χ2n) is 6.37. The zero-order chi connectivity index (χ0) is 16.0. The predicted molar refractivity (Wildman–Crippen MR) is 85.6 cm³/mol. The average Bonchev–Trinajstić information content (AvgIpc) is 2.37. The van der Waals surface area contributed by atoms with Crippen LogP contribution in [0.2, 0.25) is 0 Å². The summed E-state index contributed by atoms with van der Waals surface area (Å²) in [7, 11) is -3.57. The minimum atomic E-state index is -3.57. The van der Waals surface area contributed by atoms with Crippen molar-refractivity contribution in [2.75, 3.05) is 6.61 Å². The van der Waals surface area contributed by atoms with Gasteiger partial charge in [0.1, 0.15) is 0 Å². The fourth-order valence-corrected chi connectivity index (χ4v) is 3.53. The van der Waals surface area contributed by atoms with Crippen LogP contribution in [-0.2, 0) is 16.4 Å². The third-order valence-corrected chi connectivity index (χ3v) is 4.71. The summed E-state index contributed by atoms with van der Waals surface area (Å²) in [6.07, 6.45) is 1.54. The minimum Gasteiger partial charge on any atom is -0.395 e. The molecule has 1 aromatic rings. The number of rotatable bonds is 8. The lowest BCUT2D eigenvalue weighted by Gasteiger charge is -2.18. The molecule has 1 aromatic carbocycles. The molecule has 0 saturated heterocycles. The molecule has 1 atom stereocenters. The highest BCUT2D eigenvalue weighted by molar-refractivity contribution is 7.89. The van der Waals surface area contributed by atoms with E-state index in [1.807, 2.05) is 26.0 Å². The van der Waals surface area contributed by atoms with Crippen molar-refractivity contribution in [1.82, 2.24) is 4.72 Å². The van der Waals surface area contributed by atoms with Crippen molar-refractivity contribution in [2.24, 2.45) is 11.8 Å². The van der Waals surface area contributed by atoms with Gasteiger partial charge in [-0.25, -0.2) is 13.1 Å². The van der Waals surface area contributed by atoms with Crippen molar-refractivity contribution in [3.8, 4) is 0 Å². The van der Waals surface area contributed by atoms with Gasteiger partial charge in [-0.1, -0.05) is 39.8 Å². The molecule has 2 N–H and O–H groups in total. The Kier molecular flexibility index (Phi) is 6.84. The maximum Gasteiger partial charge on any atom is 0.240 e. The number of hydrogen-bond donors (Lipinski definition) is 2. The quantitative estimate of drug-likeness (QED) is 0.775. The molecular formula is C16H27NO3S. The Labute approximate surface area is 128 Å². The van der Waals surface area contributed by atoms with Crippen LogP contribution in [0.4, 0.5) is 0 Å². The van der Waals surface area contributed by atoms with Gasteiger partial charge >= 0.3 is 0 Å². The van der Waals surface area contributed by atoms with Gasteiger partial charge in [0.15, 0.2) is 0 Å². The number of hydrogen-bond acceptors (Lipinski definition) is 3. The lowest BCUT2D eigenvalue weighted by molar-refractivity contribution is 0.240. The number of aliphatic hydroxyl groups excluding tert-OH is 1. The van der Waals surface area contributed by atoms with Gasteiger partial charge in [-0.2, -0.15) is 0 Å². The van der Waals surface area contributed by atoms with Crippen molar-refractivity contribution in [3.63, 3.8) is 0 Å². The summed E-state index contributed by atoms with van der Waals surface area (Å²) >= 11 is 0. The van der Waals surface area contributed by atoms with E-state index in [-0.39, 0.29) is 11.5 Å². The predicted octanol–water partition coefficient (Wildman–Crippen LogP) is 2.57. The van der Waals surface area contributed by atoms with Crippen LogP contribution in [0.1, 0.15) is 39.7 Å². The fourth-order valence-electron chi connectivity index (χ4n) is 2.29. The second kappa shape index (κ2) is 7.92. The number of benzene rings is 1. The second-order valence-corrected chi connectivity index (χ2v) is 8.09. The number of sulfonamides is 1. The van der Waals surface area contributed by atoms with Crippen LogP contribution in [0.15, 0.2) is 29.2 Å². The SMILES string of the molecule is CC(C)Cc1ccc(S(=O)(=O)NC(CO)CC(C)C)cc1. The van der Waals surface area contributed by atoms with E-state index >= 15 is 0 Å². The summed E-state index contributed by atoms with van der Waals surface area (Å²) in [5, 5.41) is 9.30. The molecular weight excluding hydrogens is 286 g/mol. The summed E-state index contributed by atoms with van der Waals surface area (Å²) < 4.78 is 27.2. The Balaban J connectivity index is 2.82. The number of nitrogens with one attached hydrogen (secondary N) is 1. The van der Waals surface area contributed by atoms with E-state index in [0.29, 0.717) is 18.3 Å². The van der Waals surface area contributed by atoms with Crippen molar-refractivity contribution >= 4 is 10.0 Å². The highest BCUT2D eigenvalue weighted by Crippen LogP contribution is 2.15. The van der Waals surface area contributed by atoms with Crippen LogP contribution in [0, 0.1) is 11.8 Å². The summed E-state index contributed by atoms with van der Waals surface area (Å²) in [5.74, 6) is 0.855. The topological polar surface area (TPSA) is 66.4 Å². The van der Waals surface area contributed by atoms with Crippen molar-refractivity contribution in [3.05, 3.63) is 29.8 Å². The normalized spacial score (nSPS) is 13.9. The molecule has 0 aliphatic rings. The van der Waals surface area contributed by atoms with Gasteiger partial charge in [-0.05, 0) is 42.4 Å². The zero-order valence-corrected chi connectivity index (χ0v) is 14.2. The van der Waals surface area contributed by atoms with E-state index in [1.165, 1.54) is 0 Å². The first kappa shape index (κ1) is 18.1. The molecule has 21 heavy (non-hydrogen) atoms. The third kappa shape index (κ3) is 6.16. The molecule has 0 fully saturated rings. The van der Waals surface area contributed by atoms with Gasteiger partial charge in [0.25, 0.3) is 0 Å². The monoisotopic (exact) mass is 313 g/mol. The molecule has 1 unspecified atom stereocenters. The largest absolute Gasteiger partial charge is 0.395 e. The van der Waals surface area contributed by atoms with Gasteiger partial charge in [0, 0.05) is 6.04 Å². The summed E-state index contributed by atoms with van der Waals surface area (Å²) in [6, 6.07) is 6.52. The van der Waals surface area contributed by atoms with Gasteiger partial charge in [0.05, 0.1) is 11.5 Å². The van der Waals surface area contributed by atoms with E-state index in [4.69, 9.17) is 0 Å². The van der Waals surface area contributed by atoms with Gasteiger partial charge in [-0.15, -0.1) is 0 Å². The minimum absolute atomic E-state index is 0.192. The zero-order valence-electron chi connectivity index (χ0n) is 13.3. The highest BCUT2D eigenvalue weighted by Gasteiger charge is 2.20. The van der Waals surface area contributed by atoms with Gasteiger partial charge in [0.2, 0.25) is 10.0 Å². The van der Waals surface area contributed by atoms with Crippen LogP contribution < -0.4 is 4.72 Å². The lowest BCUT2D eigenvalue weighted by atomic mass is 10.0. The van der Waals surface area contributed by atoms with E-state index in [9.17, 15) is 13.5 Å². The van der Waals surface area contributed by atoms with Crippen LogP contribution in [0.3, 0.4) is 0 Å². The van der Waals surface area contributed by atoms with Crippen LogP contribution in [0.25, 0.3) is 0 Å². The molecule has 0 aromatic heterocycles. The van der Waals surface area contributed by atoms with Crippen molar-refractivity contribution in [1.29, 1.82) is 0 Å². The average molecular weight is 313 g/mol. The van der Waals surface area contributed by atoms with Crippen LogP contribution in [-0.4, -0.2) is 26.2 Å². The molecule has 5 heteroatoms. The molecule has 0 aliphatic heterocycles. The molecule has 1 rings (SSSR count). The molecule has 0 heterocycles. The van der Waals surface area contributed by atoms with Gasteiger partial charge < -0.3 is 5.11 Å². The molecule has 4 nitrogen and oxygen atoms in total. The molecule has 0 amide bonds. The standard InChI is InChI=1S/C16H27NO3S/c1-12(2)9-14-5-7-16(8-6-14)21(19,20)17-15(11-18)10-13(3)4/h5-8,12-13,15,17-18H,9-11H2,1-4H3. The van der Waals surface area contributed by atoms with Crippen molar-refractivity contribution in [2.45, 2.75) is 51.5 Å². The lowest BCUT2D eigenvalue weighted by Crippen LogP contribution is -2.38. The van der Waals surface area contributed by atoms with E-state index in [1.54, 1.807) is 12.1 Å². The summed E-state index contributed by atoms with van der Waals surface area (Å²) in [4.78, 5) is 0.247. The molecule has 0 saturated carbocycles. The molecule has 120 valence electrons. The van der Waals surface area contributed by atoms with Gasteiger partial charge in [-0.3, -0.25) is 0 Å². The first-order chi connectivity index (χ1) is 9.74. The molecule has 0 bridgehead atoms. The van der Waals surface area contributed by atoms with E-state index in [0.717, 1.165) is 12.0 Å². The summed E-state index contributed by atoms with van der Waals surface area (Å²) in [5.41, 5.74) is 1.13. The first-order valence-corrected chi connectivity index (χ1v) is 8.95. The maximum atomic E-state index is 12.3. The summed E-state index contributed by atoms with van der Waals surface area (Å²) in [6.45, 7) is 8.06. The Morgan fingerprint density at radius 3 is 2.05 bits per heavy atom. The Morgan fingerprint density at radius 1 is 1.05 bits per heavy atom. The Hall–Kier alpha value is -0.910. The first-order valence-electron chi connectivity index (χ1n) is 7.46. The van der Waals surface area contributed by atoms with Crippen LogP contribution >= 0.6 is 0 Å². The van der Waals surface area contributed by atoms with E-state index in [2.05, 4.69) is 18.6 Å². The molecule has 0 spiro atoms. The Bertz CT molecular complexity index is 521. The van der Waals surface area contributed by atoms with E-state index < -0.39 is 16.1 Å². The Morgan fingerprint density at radius 2 is 1.62 bits per heavy atom. The third-order valence-electron chi connectivity index (χ3n) is 3.18. The molecule has 0 aliphatic carbocycles. The maximum absolute atomic E-state index is 12.3.